The monoisotopic (exact) mass is 2020 g/mol. The second-order valence-corrected chi connectivity index (χ2v) is 40.6. The van der Waals surface area contributed by atoms with Crippen LogP contribution in [0, 0.1) is 40.5 Å². The van der Waals surface area contributed by atoms with Gasteiger partial charge in [-0.2, -0.15) is 0 Å². The van der Waals surface area contributed by atoms with Crippen LogP contribution in [0.25, 0.3) is 51.1 Å². The molecule has 0 saturated carbocycles. The topological polar surface area (TPSA) is 337 Å². The molecular formula is C105H121N15O17S5. The SMILES string of the molecule is CCOc1ccc(C(=O)c2cc3cc(C)n(CCN4CCOCC4)c3s2)cn1.COc1ccc(C(=O)c2cc3cc(C)n(CCN4CCC(OC)C4)c3s2)cn1.COc1ccc(C(=O)c2cc3cc(C)n(CCN4CCCC4C(=O)O)c3s2)cn1.COc1ccc(C(=O)c2cc3cc(C)n(CCN4CCOCC4=O)c3s2)cn1.COc1ccc(C(=O)c2cc3cc(C)n(CCNCC4CCOCC4)c3s2)cn1. The highest BCUT2D eigenvalue weighted by Crippen LogP contribution is 2.38. The van der Waals surface area contributed by atoms with Crippen molar-refractivity contribution in [1.29, 1.82) is 0 Å². The number of hydrogen-bond acceptors (Lipinski definition) is 30. The van der Waals surface area contributed by atoms with E-state index in [9.17, 15) is 38.7 Å². The lowest BCUT2D eigenvalue weighted by Gasteiger charge is -2.27. The van der Waals surface area contributed by atoms with Gasteiger partial charge in [-0.1, -0.05) is 0 Å². The molecule has 37 heteroatoms. The first kappa shape index (κ1) is 103. The lowest BCUT2D eigenvalue weighted by Crippen LogP contribution is -2.43. The molecule has 15 aromatic heterocycles. The molecule has 748 valence electrons. The van der Waals surface area contributed by atoms with E-state index < -0.39 is 5.97 Å². The van der Waals surface area contributed by atoms with Gasteiger partial charge >= 0.3 is 5.97 Å². The number of carbonyl (C=O) groups is 7. The number of thiophene rings is 5. The Kier molecular flexibility index (Phi) is 35.0. The van der Waals surface area contributed by atoms with E-state index in [1.165, 1.54) is 59.3 Å². The zero-order valence-electron chi connectivity index (χ0n) is 82.0. The molecule has 142 heavy (non-hydrogen) atoms. The van der Waals surface area contributed by atoms with Crippen molar-refractivity contribution < 1.29 is 81.3 Å². The van der Waals surface area contributed by atoms with E-state index in [0.717, 1.165) is 214 Å². The predicted molar refractivity (Wildman–Crippen MR) is 554 cm³/mol. The summed E-state index contributed by atoms with van der Waals surface area (Å²) in [5.74, 6) is 2.42. The summed E-state index contributed by atoms with van der Waals surface area (Å²) in [6.07, 6.45) is 13.2. The van der Waals surface area contributed by atoms with Gasteiger partial charge in [0.1, 0.15) is 36.8 Å². The Morgan fingerprint density at radius 2 is 0.761 bits per heavy atom. The zero-order valence-corrected chi connectivity index (χ0v) is 86.0. The minimum Gasteiger partial charge on any atom is -0.481 e. The highest BCUT2D eigenvalue weighted by Gasteiger charge is 2.32. The van der Waals surface area contributed by atoms with Crippen LogP contribution in [0.15, 0.2) is 152 Å². The van der Waals surface area contributed by atoms with Crippen LogP contribution < -0.4 is 29.0 Å². The molecule has 0 spiro atoms. The third-order valence-corrected chi connectivity index (χ3v) is 32.1. The van der Waals surface area contributed by atoms with Crippen molar-refractivity contribution in [3.8, 4) is 29.4 Å². The number of ketones is 5. The molecule has 15 aromatic rings. The largest absolute Gasteiger partial charge is 0.481 e. The number of likely N-dealkylation sites (tertiary alicyclic amines) is 2. The number of methoxy groups -OCH3 is 5. The summed E-state index contributed by atoms with van der Waals surface area (Å²) in [4.78, 5) is 126. The van der Waals surface area contributed by atoms with Crippen LogP contribution in [0.5, 0.6) is 29.4 Å². The Hall–Kier alpha value is -12.1. The maximum atomic E-state index is 12.9. The lowest BCUT2D eigenvalue weighted by molar-refractivity contribution is -0.143. The average molecular weight is 2030 g/mol. The van der Waals surface area contributed by atoms with Gasteiger partial charge in [0.15, 0.2) is 0 Å². The van der Waals surface area contributed by atoms with Crippen LogP contribution in [-0.4, -0.2) is 286 Å². The van der Waals surface area contributed by atoms with Crippen LogP contribution in [0.2, 0.25) is 0 Å². The fraction of sp³-hybridized carbons (Fsp3) is 0.410. The third kappa shape index (κ3) is 24.9. The maximum Gasteiger partial charge on any atom is 0.320 e. The molecule has 2 unspecified atom stereocenters. The van der Waals surface area contributed by atoms with Crippen LogP contribution in [0.1, 0.15) is 144 Å². The van der Waals surface area contributed by atoms with E-state index in [2.05, 4.69) is 114 Å². The number of rotatable bonds is 35. The van der Waals surface area contributed by atoms with Crippen LogP contribution in [0.4, 0.5) is 0 Å². The fourth-order valence-electron chi connectivity index (χ4n) is 18.4. The number of fused-ring (bicyclic) bond motifs is 5. The van der Waals surface area contributed by atoms with E-state index in [-0.39, 0.29) is 47.5 Å². The molecule has 20 heterocycles. The second kappa shape index (κ2) is 48.3. The smallest absolute Gasteiger partial charge is 0.320 e. The fourth-order valence-corrected chi connectivity index (χ4v) is 24.3. The molecule has 20 rings (SSSR count). The molecule has 32 nitrogen and oxygen atoms in total. The molecule has 5 saturated heterocycles. The molecule has 2 atom stereocenters. The van der Waals surface area contributed by atoms with Gasteiger partial charge in [-0.15, -0.1) is 56.7 Å². The third-order valence-electron chi connectivity index (χ3n) is 26.3. The summed E-state index contributed by atoms with van der Waals surface area (Å²) in [5, 5.41) is 18.4. The molecule has 2 N–H and O–H groups in total. The number of hydrogen-bond donors (Lipinski definition) is 2. The number of ether oxygens (including phenoxy) is 9. The maximum absolute atomic E-state index is 12.9. The van der Waals surface area contributed by atoms with Gasteiger partial charge in [0.2, 0.25) is 64.2 Å². The van der Waals surface area contributed by atoms with Gasteiger partial charge in [-0.25, -0.2) is 24.9 Å². The highest BCUT2D eigenvalue weighted by atomic mass is 32.1. The summed E-state index contributed by atoms with van der Waals surface area (Å²) in [7, 11) is 8.00. The summed E-state index contributed by atoms with van der Waals surface area (Å²) in [6, 6.07) is 37.4. The van der Waals surface area contributed by atoms with Crippen molar-refractivity contribution in [3.05, 3.63) is 233 Å². The first-order valence-corrected chi connectivity index (χ1v) is 52.0. The molecule has 0 radical (unpaired) electrons. The quantitative estimate of drug-likeness (QED) is 0.0275. The van der Waals surface area contributed by atoms with Crippen molar-refractivity contribution >= 4 is 149 Å². The van der Waals surface area contributed by atoms with Crippen molar-refractivity contribution in [2.75, 3.05) is 160 Å². The van der Waals surface area contributed by atoms with Crippen LogP contribution in [-0.2, 0) is 61.3 Å². The average Bonchev–Trinajstić information content (AvgIpc) is 1.65. The van der Waals surface area contributed by atoms with Gasteiger partial charge in [0.25, 0.3) is 0 Å². The molecule has 1 amide bonds. The van der Waals surface area contributed by atoms with Crippen molar-refractivity contribution in [1.82, 2.24) is 72.7 Å². The van der Waals surface area contributed by atoms with E-state index in [0.29, 0.717) is 125 Å². The standard InChI is InChI=1S/C22H27N3O3S.C21H23N3O4S.2C21H25N3O3S.C20H21N3O4S/c1-15-11-18-12-19(21(26)17-3-4-20(27-2)24-14-17)29-22(18)25(15)8-7-23-13-16-5-9-28-10-6-16;1-13-10-15-11-17(19(25)14-5-6-18(28-2)22-12-14)29-20(15)24(13)9-8-23-7-3-4-16(23)21(26)27;1-14-10-16-11-18(20(25)15-4-5-19(27-3)22-12-15)28-21(16)24(14)9-8-23-7-6-17(13-23)26-2;1-3-27-19-5-4-16(14-22-19)20(25)18-13-17-12-15(2)24(21(17)28-18)7-6-23-8-10-26-11-9-23;1-13-9-15-10-16(19(25)14-3-4-17(26-2)21-11-14)28-20(15)23(13)6-5-22-7-8-27-12-18(22)24/h3-4,11-12,14,16,23H,5-10,13H2,1-2H3;5-6,10-12,16H,3-4,7-9H2,1-2H3,(H,26,27);4-5,10-12,17H,6-9,13H2,1-3H3;4-5,12-14H,3,6-11H2,1-2H3;3-4,9-11H,5-8,12H2,1-2H3. The van der Waals surface area contributed by atoms with Gasteiger partial charge in [-0.3, -0.25) is 48.3 Å². The molecule has 5 fully saturated rings. The van der Waals surface area contributed by atoms with Gasteiger partial charge in [0, 0.05) is 263 Å². The molecule has 0 aliphatic carbocycles. The first-order valence-electron chi connectivity index (χ1n) is 47.9. The number of aryl methyl sites for hydroxylation is 5. The minimum atomic E-state index is -0.742. The molecule has 5 aliphatic heterocycles. The van der Waals surface area contributed by atoms with Crippen molar-refractivity contribution in [2.45, 2.75) is 119 Å². The van der Waals surface area contributed by atoms with Crippen molar-refractivity contribution in [3.63, 3.8) is 0 Å². The Morgan fingerprint density at radius 3 is 1.11 bits per heavy atom. The summed E-state index contributed by atoms with van der Waals surface area (Å²) >= 11 is 7.61. The summed E-state index contributed by atoms with van der Waals surface area (Å²) in [5.41, 5.74) is 8.73. The van der Waals surface area contributed by atoms with Crippen LogP contribution in [0.3, 0.4) is 0 Å². The normalized spacial score (nSPS) is 15.9. The number of carboxylic acid groups (broad SMARTS) is 1. The van der Waals surface area contributed by atoms with E-state index in [1.807, 2.05) is 60.9 Å². The number of amides is 1. The zero-order chi connectivity index (χ0) is 99.6. The van der Waals surface area contributed by atoms with E-state index >= 15 is 0 Å². The Labute approximate surface area is 844 Å². The predicted octanol–water partition coefficient (Wildman–Crippen LogP) is 16.1. The van der Waals surface area contributed by atoms with Gasteiger partial charge in [0.05, 0.1) is 85.4 Å². The van der Waals surface area contributed by atoms with Gasteiger partial charge in [-0.05, 0) is 184 Å². The van der Waals surface area contributed by atoms with Gasteiger partial charge < -0.3 is 80.8 Å². The van der Waals surface area contributed by atoms with Crippen molar-refractivity contribution in [2.24, 2.45) is 5.92 Å². The molecular weight excluding hydrogens is 1900 g/mol. The Balaban J connectivity index is 0.000000128. The molecule has 0 bridgehead atoms. The van der Waals surface area contributed by atoms with E-state index in [4.69, 9.17) is 42.6 Å². The molecule has 0 aromatic carbocycles. The second-order valence-electron chi connectivity index (χ2n) is 35.5. The van der Waals surface area contributed by atoms with E-state index in [1.54, 1.807) is 142 Å². The number of nitrogens with one attached hydrogen (secondary N) is 1. The summed E-state index contributed by atoms with van der Waals surface area (Å²) in [6.45, 7) is 32.0. The summed E-state index contributed by atoms with van der Waals surface area (Å²) < 4.78 is 58.4. The first-order chi connectivity index (χ1) is 68.9. The number of aromatic nitrogens is 10. The number of pyridine rings is 5. The number of aliphatic carboxylic acids is 1. The lowest BCUT2D eigenvalue weighted by atomic mass is 10.0. The highest BCUT2D eigenvalue weighted by molar-refractivity contribution is 7.22. The number of carbonyl (C=O) groups excluding carboxylic acids is 6. The minimum absolute atomic E-state index is 0.00281. The molecule has 5 aliphatic rings. The number of nitrogens with zero attached hydrogens (tertiary/aromatic N) is 14. The Morgan fingerprint density at radius 1 is 0.401 bits per heavy atom. The Bertz CT molecular complexity index is 6870. The number of morpholine rings is 2. The number of carboxylic acids is 1. The van der Waals surface area contributed by atoms with Crippen LogP contribution >= 0.6 is 56.7 Å².